The molecule has 0 aliphatic rings. The third-order valence-corrected chi connectivity index (χ3v) is 3.08. The van der Waals surface area contributed by atoms with E-state index in [1.165, 1.54) is 0 Å². The highest BCUT2D eigenvalue weighted by Crippen LogP contribution is 2.17. The molecule has 5 heteroatoms. The quantitative estimate of drug-likeness (QED) is 0.794. The first kappa shape index (κ1) is 13.9. The van der Waals surface area contributed by atoms with Crippen molar-refractivity contribution in [3.63, 3.8) is 0 Å². The lowest BCUT2D eigenvalue weighted by molar-refractivity contribution is -0.117. The van der Waals surface area contributed by atoms with Crippen molar-refractivity contribution in [1.29, 1.82) is 0 Å². The van der Waals surface area contributed by atoms with Crippen LogP contribution in [-0.2, 0) is 4.79 Å². The number of hydrogen-bond acceptors (Lipinski definition) is 3. The Kier molecular flexibility index (Phi) is 5.38. The van der Waals surface area contributed by atoms with Gasteiger partial charge in [-0.25, -0.2) is 4.98 Å². The van der Waals surface area contributed by atoms with Gasteiger partial charge >= 0.3 is 0 Å². The SMILES string of the molecule is CCC(CN)CC(=O)Nc1cnc(Cl)c(C)c1. The molecule has 0 saturated carbocycles. The molecule has 1 atom stereocenters. The molecular formula is C12H18ClN3O. The summed E-state index contributed by atoms with van der Waals surface area (Å²) in [5.74, 6) is 0.196. The Balaban J connectivity index is 2.58. The van der Waals surface area contributed by atoms with Gasteiger partial charge in [-0.3, -0.25) is 4.79 Å². The van der Waals surface area contributed by atoms with Crippen molar-refractivity contribution in [2.24, 2.45) is 11.7 Å². The summed E-state index contributed by atoms with van der Waals surface area (Å²) in [5, 5.41) is 3.25. The lowest BCUT2D eigenvalue weighted by Gasteiger charge is -2.12. The summed E-state index contributed by atoms with van der Waals surface area (Å²) >= 11 is 5.81. The molecule has 94 valence electrons. The number of nitrogens with one attached hydrogen (secondary N) is 1. The lowest BCUT2D eigenvalue weighted by atomic mass is 10.0. The van der Waals surface area contributed by atoms with Crippen LogP contribution in [-0.4, -0.2) is 17.4 Å². The molecule has 1 aromatic rings. The number of nitrogens with zero attached hydrogens (tertiary/aromatic N) is 1. The van der Waals surface area contributed by atoms with E-state index in [9.17, 15) is 4.79 Å². The van der Waals surface area contributed by atoms with Gasteiger partial charge < -0.3 is 11.1 Å². The zero-order valence-corrected chi connectivity index (χ0v) is 10.9. The van der Waals surface area contributed by atoms with Crippen LogP contribution in [0.1, 0.15) is 25.3 Å². The minimum Gasteiger partial charge on any atom is -0.330 e. The molecule has 17 heavy (non-hydrogen) atoms. The van der Waals surface area contributed by atoms with E-state index < -0.39 is 0 Å². The van der Waals surface area contributed by atoms with E-state index in [0.29, 0.717) is 23.8 Å². The van der Waals surface area contributed by atoms with Gasteiger partial charge in [0.2, 0.25) is 5.91 Å². The molecule has 3 N–H and O–H groups in total. The number of rotatable bonds is 5. The summed E-state index contributed by atoms with van der Waals surface area (Å²) in [6, 6.07) is 1.80. The number of nitrogens with two attached hydrogens (primary N) is 1. The van der Waals surface area contributed by atoms with Gasteiger partial charge in [0.05, 0.1) is 11.9 Å². The summed E-state index contributed by atoms with van der Waals surface area (Å²) in [7, 11) is 0. The minimum atomic E-state index is -0.0363. The summed E-state index contributed by atoms with van der Waals surface area (Å²) in [6.45, 7) is 4.40. The molecule has 4 nitrogen and oxygen atoms in total. The number of carbonyl (C=O) groups is 1. The predicted molar refractivity (Wildman–Crippen MR) is 70.1 cm³/mol. The zero-order chi connectivity index (χ0) is 12.8. The zero-order valence-electron chi connectivity index (χ0n) is 10.2. The molecule has 0 fully saturated rings. The fraction of sp³-hybridized carbons (Fsp3) is 0.500. The van der Waals surface area contributed by atoms with E-state index in [4.69, 9.17) is 17.3 Å². The maximum Gasteiger partial charge on any atom is 0.224 e. The second-order valence-corrected chi connectivity index (χ2v) is 4.45. The highest BCUT2D eigenvalue weighted by atomic mass is 35.5. The third-order valence-electron chi connectivity index (χ3n) is 2.68. The van der Waals surface area contributed by atoms with Crippen molar-refractivity contribution in [2.45, 2.75) is 26.7 Å². The van der Waals surface area contributed by atoms with Crippen LogP contribution in [0.25, 0.3) is 0 Å². The number of amides is 1. The van der Waals surface area contributed by atoms with Gasteiger partial charge in [0, 0.05) is 6.42 Å². The van der Waals surface area contributed by atoms with Crippen LogP contribution in [0.4, 0.5) is 5.69 Å². The lowest BCUT2D eigenvalue weighted by Crippen LogP contribution is -2.21. The fourth-order valence-corrected chi connectivity index (χ4v) is 1.60. The number of hydrogen-bond donors (Lipinski definition) is 2. The van der Waals surface area contributed by atoms with Gasteiger partial charge in [-0.15, -0.1) is 0 Å². The Morgan fingerprint density at radius 2 is 2.35 bits per heavy atom. The molecule has 0 aromatic carbocycles. The number of pyridine rings is 1. The smallest absolute Gasteiger partial charge is 0.224 e. The van der Waals surface area contributed by atoms with E-state index in [2.05, 4.69) is 10.3 Å². The van der Waals surface area contributed by atoms with E-state index in [1.54, 1.807) is 12.3 Å². The summed E-state index contributed by atoms with van der Waals surface area (Å²) in [6.07, 6.45) is 2.90. The summed E-state index contributed by atoms with van der Waals surface area (Å²) < 4.78 is 0. The van der Waals surface area contributed by atoms with Gasteiger partial charge in [0.15, 0.2) is 0 Å². The molecule has 0 aliphatic heterocycles. The van der Waals surface area contributed by atoms with Crippen molar-refractivity contribution in [2.75, 3.05) is 11.9 Å². The van der Waals surface area contributed by atoms with Crippen molar-refractivity contribution >= 4 is 23.2 Å². The number of aromatic nitrogens is 1. The highest BCUT2D eigenvalue weighted by Gasteiger charge is 2.11. The average Bonchev–Trinajstić information content (AvgIpc) is 2.31. The predicted octanol–water partition coefficient (Wildman–Crippen LogP) is 2.36. The Bertz CT molecular complexity index is 391. The van der Waals surface area contributed by atoms with Crippen molar-refractivity contribution < 1.29 is 4.79 Å². The molecule has 1 heterocycles. The first-order valence-corrected chi connectivity index (χ1v) is 6.06. The van der Waals surface area contributed by atoms with Crippen LogP contribution in [0.2, 0.25) is 5.15 Å². The van der Waals surface area contributed by atoms with Gasteiger partial charge in [0.1, 0.15) is 5.15 Å². The monoisotopic (exact) mass is 255 g/mol. The normalized spacial score (nSPS) is 12.2. The first-order chi connectivity index (χ1) is 8.06. The number of anilines is 1. The Morgan fingerprint density at radius 1 is 1.65 bits per heavy atom. The average molecular weight is 256 g/mol. The van der Waals surface area contributed by atoms with E-state index in [1.807, 2.05) is 13.8 Å². The molecule has 1 aromatic heterocycles. The first-order valence-electron chi connectivity index (χ1n) is 5.68. The summed E-state index contributed by atoms with van der Waals surface area (Å²) in [4.78, 5) is 15.7. The molecule has 1 unspecified atom stereocenters. The molecule has 1 rings (SSSR count). The highest BCUT2D eigenvalue weighted by molar-refractivity contribution is 6.30. The molecule has 0 aliphatic carbocycles. The van der Waals surface area contributed by atoms with Gasteiger partial charge in [-0.2, -0.15) is 0 Å². The fourth-order valence-electron chi connectivity index (χ4n) is 1.50. The van der Waals surface area contributed by atoms with Crippen LogP contribution in [0, 0.1) is 12.8 Å². The minimum absolute atomic E-state index is 0.0363. The maximum absolute atomic E-state index is 11.7. The van der Waals surface area contributed by atoms with Crippen LogP contribution in [0.15, 0.2) is 12.3 Å². The van der Waals surface area contributed by atoms with Gasteiger partial charge in [-0.1, -0.05) is 24.9 Å². The maximum atomic E-state index is 11.7. The second-order valence-electron chi connectivity index (χ2n) is 4.09. The Hall–Kier alpha value is -1.13. The van der Waals surface area contributed by atoms with Crippen LogP contribution in [0.3, 0.4) is 0 Å². The standard InChI is InChI=1S/C12H18ClN3O/c1-3-9(6-14)5-11(17)16-10-4-8(2)12(13)15-7-10/h4,7,9H,3,5-6,14H2,1-2H3,(H,16,17). The topological polar surface area (TPSA) is 68.0 Å². The van der Waals surface area contributed by atoms with Crippen molar-refractivity contribution in [3.05, 3.63) is 23.0 Å². The molecule has 0 saturated heterocycles. The van der Waals surface area contributed by atoms with Crippen LogP contribution in [0.5, 0.6) is 0 Å². The number of halogens is 1. The molecule has 1 amide bonds. The van der Waals surface area contributed by atoms with E-state index in [-0.39, 0.29) is 11.8 Å². The van der Waals surface area contributed by atoms with Gasteiger partial charge in [0.25, 0.3) is 0 Å². The molecule has 0 radical (unpaired) electrons. The van der Waals surface area contributed by atoms with Gasteiger partial charge in [-0.05, 0) is 31.0 Å². The number of aryl methyl sites for hydroxylation is 1. The molecular weight excluding hydrogens is 238 g/mol. The third kappa shape index (κ3) is 4.32. The summed E-state index contributed by atoms with van der Waals surface area (Å²) in [5.41, 5.74) is 7.07. The van der Waals surface area contributed by atoms with E-state index in [0.717, 1.165) is 12.0 Å². The molecule has 0 bridgehead atoms. The van der Waals surface area contributed by atoms with Crippen molar-refractivity contribution in [1.82, 2.24) is 4.98 Å². The van der Waals surface area contributed by atoms with E-state index >= 15 is 0 Å². The van der Waals surface area contributed by atoms with Crippen LogP contribution < -0.4 is 11.1 Å². The van der Waals surface area contributed by atoms with Crippen molar-refractivity contribution in [3.8, 4) is 0 Å². The van der Waals surface area contributed by atoms with Crippen LogP contribution >= 0.6 is 11.6 Å². The Morgan fingerprint density at radius 3 is 2.88 bits per heavy atom. The largest absolute Gasteiger partial charge is 0.330 e. The number of carbonyl (C=O) groups excluding carboxylic acids is 1. The second kappa shape index (κ2) is 6.57. The molecule has 0 spiro atoms. The Labute approximate surface area is 107 Å².